The van der Waals surface area contributed by atoms with Crippen LogP contribution in [0.3, 0.4) is 0 Å². The summed E-state index contributed by atoms with van der Waals surface area (Å²) in [7, 11) is 0. The van der Waals surface area contributed by atoms with Crippen LogP contribution in [0.5, 0.6) is 0 Å². The molecule has 1 aromatic heterocycles. The van der Waals surface area contributed by atoms with Crippen molar-refractivity contribution in [3.63, 3.8) is 0 Å². The van der Waals surface area contributed by atoms with Gasteiger partial charge in [-0.2, -0.15) is 0 Å². The standard InChI is InChI=1S/C17H22N2O/c1-12-6-8-15(9-7-12)11-19-10-4-5-16(19)17-13(2)18-20-14(17)3/h6-9,16H,4-5,10-11H2,1-3H3/t16-/m0/s1. The van der Waals surface area contributed by atoms with E-state index in [4.69, 9.17) is 4.52 Å². The average molecular weight is 270 g/mol. The molecule has 0 saturated carbocycles. The second-order valence-corrected chi connectivity index (χ2v) is 5.85. The predicted molar refractivity (Wildman–Crippen MR) is 79.5 cm³/mol. The van der Waals surface area contributed by atoms with Gasteiger partial charge in [0.1, 0.15) is 5.76 Å². The fraction of sp³-hybridized carbons (Fsp3) is 0.471. The van der Waals surface area contributed by atoms with Crippen LogP contribution in [0, 0.1) is 20.8 Å². The summed E-state index contributed by atoms with van der Waals surface area (Å²) >= 11 is 0. The van der Waals surface area contributed by atoms with E-state index in [9.17, 15) is 0 Å². The number of aryl methyl sites for hydroxylation is 3. The van der Waals surface area contributed by atoms with Crippen LogP contribution in [0.2, 0.25) is 0 Å². The highest BCUT2D eigenvalue weighted by molar-refractivity contribution is 5.27. The molecule has 3 nitrogen and oxygen atoms in total. The van der Waals surface area contributed by atoms with Crippen molar-refractivity contribution in [2.75, 3.05) is 6.54 Å². The Bertz CT molecular complexity index is 566. The van der Waals surface area contributed by atoms with Crippen LogP contribution in [0.1, 0.15) is 47.0 Å². The zero-order chi connectivity index (χ0) is 14.1. The maximum absolute atomic E-state index is 5.35. The van der Waals surface area contributed by atoms with Crippen LogP contribution in [0.4, 0.5) is 0 Å². The molecule has 2 heterocycles. The molecule has 1 aliphatic heterocycles. The van der Waals surface area contributed by atoms with Gasteiger partial charge in [0.05, 0.1) is 5.69 Å². The highest BCUT2D eigenvalue weighted by Crippen LogP contribution is 2.36. The minimum Gasteiger partial charge on any atom is -0.361 e. The summed E-state index contributed by atoms with van der Waals surface area (Å²) in [5, 5.41) is 4.11. The minimum absolute atomic E-state index is 0.461. The highest BCUT2D eigenvalue weighted by Gasteiger charge is 2.30. The summed E-state index contributed by atoms with van der Waals surface area (Å²) in [5.41, 5.74) is 5.05. The second-order valence-electron chi connectivity index (χ2n) is 5.85. The van der Waals surface area contributed by atoms with Gasteiger partial charge in [0.25, 0.3) is 0 Å². The van der Waals surface area contributed by atoms with E-state index in [0.29, 0.717) is 6.04 Å². The first-order chi connectivity index (χ1) is 9.65. The Morgan fingerprint density at radius 3 is 2.60 bits per heavy atom. The highest BCUT2D eigenvalue weighted by atomic mass is 16.5. The normalized spacial score (nSPS) is 19.6. The first-order valence-corrected chi connectivity index (χ1v) is 7.37. The Labute approximate surface area is 120 Å². The molecule has 1 saturated heterocycles. The van der Waals surface area contributed by atoms with Gasteiger partial charge in [0.15, 0.2) is 0 Å². The third-order valence-corrected chi connectivity index (χ3v) is 4.29. The molecular weight excluding hydrogens is 248 g/mol. The van der Waals surface area contributed by atoms with E-state index in [-0.39, 0.29) is 0 Å². The lowest BCUT2D eigenvalue weighted by Gasteiger charge is -2.24. The van der Waals surface area contributed by atoms with E-state index >= 15 is 0 Å². The smallest absolute Gasteiger partial charge is 0.138 e. The largest absolute Gasteiger partial charge is 0.361 e. The van der Waals surface area contributed by atoms with Crippen LogP contribution < -0.4 is 0 Å². The summed E-state index contributed by atoms with van der Waals surface area (Å²) < 4.78 is 5.35. The number of benzene rings is 1. The maximum atomic E-state index is 5.35. The van der Waals surface area contributed by atoms with Crippen LogP contribution in [-0.2, 0) is 6.54 Å². The van der Waals surface area contributed by atoms with E-state index in [1.54, 1.807) is 0 Å². The van der Waals surface area contributed by atoms with E-state index < -0.39 is 0 Å². The van der Waals surface area contributed by atoms with Gasteiger partial charge in [-0.1, -0.05) is 35.0 Å². The fourth-order valence-electron chi connectivity index (χ4n) is 3.24. The van der Waals surface area contributed by atoms with Crippen LogP contribution >= 0.6 is 0 Å². The molecule has 0 bridgehead atoms. The van der Waals surface area contributed by atoms with Crippen LogP contribution in [-0.4, -0.2) is 16.6 Å². The molecule has 1 fully saturated rings. The molecule has 0 N–H and O–H groups in total. The summed E-state index contributed by atoms with van der Waals surface area (Å²) in [6.07, 6.45) is 2.45. The number of hydrogen-bond donors (Lipinski definition) is 0. The molecule has 3 heteroatoms. The number of aromatic nitrogens is 1. The molecule has 3 rings (SSSR count). The van der Waals surface area contributed by atoms with Crippen LogP contribution in [0.25, 0.3) is 0 Å². The van der Waals surface area contributed by atoms with Gasteiger partial charge in [-0.05, 0) is 45.7 Å². The van der Waals surface area contributed by atoms with Crippen molar-refractivity contribution in [3.8, 4) is 0 Å². The van der Waals surface area contributed by atoms with Crippen molar-refractivity contribution in [1.29, 1.82) is 0 Å². The molecule has 0 amide bonds. The van der Waals surface area contributed by atoms with Gasteiger partial charge in [0.2, 0.25) is 0 Å². The van der Waals surface area contributed by atoms with Crippen molar-refractivity contribution >= 4 is 0 Å². The Balaban J connectivity index is 1.81. The van der Waals surface area contributed by atoms with Gasteiger partial charge in [0, 0.05) is 18.2 Å². The van der Waals surface area contributed by atoms with Gasteiger partial charge >= 0.3 is 0 Å². The molecule has 106 valence electrons. The number of likely N-dealkylation sites (tertiary alicyclic amines) is 1. The van der Waals surface area contributed by atoms with E-state index in [0.717, 1.165) is 24.5 Å². The van der Waals surface area contributed by atoms with E-state index in [1.165, 1.54) is 29.5 Å². The Morgan fingerprint density at radius 2 is 1.95 bits per heavy atom. The molecule has 1 atom stereocenters. The van der Waals surface area contributed by atoms with Gasteiger partial charge in [-0.15, -0.1) is 0 Å². The fourth-order valence-corrected chi connectivity index (χ4v) is 3.24. The predicted octanol–water partition coefficient (Wildman–Crippen LogP) is 3.94. The lowest BCUT2D eigenvalue weighted by Crippen LogP contribution is -2.23. The van der Waals surface area contributed by atoms with Crippen molar-refractivity contribution in [1.82, 2.24) is 10.1 Å². The summed E-state index contributed by atoms with van der Waals surface area (Å²) in [6, 6.07) is 9.31. The summed E-state index contributed by atoms with van der Waals surface area (Å²) in [6.45, 7) is 8.37. The molecule has 1 aromatic carbocycles. The van der Waals surface area contributed by atoms with Crippen molar-refractivity contribution in [3.05, 3.63) is 52.4 Å². The van der Waals surface area contributed by atoms with Crippen molar-refractivity contribution in [2.45, 2.75) is 46.2 Å². The monoisotopic (exact) mass is 270 g/mol. The third-order valence-electron chi connectivity index (χ3n) is 4.29. The third kappa shape index (κ3) is 2.50. The molecule has 2 aromatic rings. The SMILES string of the molecule is Cc1ccc(CN2CCC[C@H]2c2c(C)noc2C)cc1. The molecule has 20 heavy (non-hydrogen) atoms. The molecule has 0 unspecified atom stereocenters. The van der Waals surface area contributed by atoms with Gasteiger partial charge in [-0.3, -0.25) is 4.90 Å². The van der Waals surface area contributed by atoms with Crippen LogP contribution in [0.15, 0.2) is 28.8 Å². The van der Waals surface area contributed by atoms with Gasteiger partial charge in [-0.25, -0.2) is 0 Å². The maximum Gasteiger partial charge on any atom is 0.138 e. The van der Waals surface area contributed by atoms with E-state index in [1.807, 2.05) is 13.8 Å². The topological polar surface area (TPSA) is 29.3 Å². The summed E-state index contributed by atoms with van der Waals surface area (Å²) in [4.78, 5) is 2.55. The quantitative estimate of drug-likeness (QED) is 0.846. The first-order valence-electron chi connectivity index (χ1n) is 7.37. The molecule has 0 spiro atoms. The van der Waals surface area contributed by atoms with Crippen molar-refractivity contribution < 1.29 is 4.52 Å². The zero-order valence-electron chi connectivity index (χ0n) is 12.5. The molecular formula is C17H22N2O. The average Bonchev–Trinajstić information content (AvgIpc) is 2.99. The van der Waals surface area contributed by atoms with Crippen molar-refractivity contribution in [2.24, 2.45) is 0 Å². The minimum atomic E-state index is 0.461. The molecule has 0 radical (unpaired) electrons. The Kier molecular flexibility index (Phi) is 3.62. The van der Waals surface area contributed by atoms with Gasteiger partial charge < -0.3 is 4.52 Å². The molecule has 0 aliphatic carbocycles. The number of hydrogen-bond acceptors (Lipinski definition) is 3. The Hall–Kier alpha value is -1.61. The summed E-state index contributed by atoms with van der Waals surface area (Å²) in [5.74, 6) is 0.975. The van der Waals surface area contributed by atoms with E-state index in [2.05, 4.69) is 41.2 Å². The molecule has 1 aliphatic rings. The lowest BCUT2D eigenvalue weighted by atomic mass is 10.0. The Morgan fingerprint density at radius 1 is 1.20 bits per heavy atom. The number of rotatable bonds is 3. The first kappa shape index (κ1) is 13.4. The zero-order valence-corrected chi connectivity index (χ0v) is 12.5. The second kappa shape index (κ2) is 5.41. The lowest BCUT2D eigenvalue weighted by molar-refractivity contribution is 0.245. The number of nitrogens with zero attached hydrogens (tertiary/aromatic N) is 2.